The first-order valence-electron chi connectivity index (χ1n) is 5.36. The third-order valence-corrected chi connectivity index (χ3v) is 4.17. The second-order valence-corrected chi connectivity index (χ2v) is 5.36. The standard InChI is InChI=1S/C9H15NO8S/c11-3(4(12)6(14)9(17)18)5(13)7-10-2(1-19-7)8(15)16/h2-7,10-14H,1H2,(H,15,16)(H,17,18)/p-1/t2-,3+,4-,5-,6-,7+/m0/s1. The average molecular weight is 296 g/mol. The van der Waals surface area contributed by atoms with Crippen molar-refractivity contribution in [1.29, 1.82) is 0 Å². The lowest BCUT2D eigenvalue weighted by Crippen LogP contribution is -2.96. The maximum Gasteiger partial charge on any atom is 0.162 e. The highest BCUT2D eigenvalue weighted by atomic mass is 32.2. The highest BCUT2D eigenvalue weighted by Crippen LogP contribution is 2.19. The predicted molar refractivity (Wildman–Crippen MR) is 56.0 cm³/mol. The van der Waals surface area contributed by atoms with Crippen molar-refractivity contribution < 1.29 is 45.5 Å². The summed E-state index contributed by atoms with van der Waals surface area (Å²) in [5.74, 6) is -3.18. The molecule has 1 saturated heterocycles. The molecule has 1 fully saturated rings. The minimum absolute atomic E-state index is 0.135. The SMILES string of the molecule is O=C([O-])[C@@H]1CS[C@H]([C@@H](O)[C@H](O)[C@H](O)[C@H](O)C(=O)[O-])[NH2+]1. The van der Waals surface area contributed by atoms with Crippen LogP contribution in [0, 0.1) is 0 Å². The van der Waals surface area contributed by atoms with Crippen LogP contribution in [0.5, 0.6) is 0 Å². The average Bonchev–Trinajstić information content (AvgIpc) is 2.84. The van der Waals surface area contributed by atoms with E-state index in [0.717, 1.165) is 11.8 Å². The van der Waals surface area contributed by atoms with Crippen LogP contribution >= 0.6 is 11.8 Å². The molecule has 1 aliphatic rings. The number of rotatable bonds is 6. The van der Waals surface area contributed by atoms with Gasteiger partial charge in [-0.25, -0.2) is 0 Å². The quantitative estimate of drug-likeness (QED) is 0.318. The minimum Gasteiger partial charge on any atom is -0.547 e. The molecule has 0 aromatic rings. The number of carboxylic acids is 2. The third-order valence-electron chi connectivity index (χ3n) is 2.79. The normalized spacial score (nSPS) is 29.5. The fraction of sp³-hybridized carbons (Fsp3) is 0.778. The Hall–Kier alpha value is -0.910. The Morgan fingerprint density at radius 1 is 1.16 bits per heavy atom. The highest BCUT2D eigenvalue weighted by molar-refractivity contribution is 8.00. The Balaban J connectivity index is 2.60. The molecule has 1 rings (SSSR count). The lowest BCUT2D eigenvalue weighted by atomic mass is 10.0. The molecule has 19 heavy (non-hydrogen) atoms. The Morgan fingerprint density at radius 2 is 1.74 bits per heavy atom. The summed E-state index contributed by atoms with van der Waals surface area (Å²) < 4.78 is 0. The fourth-order valence-electron chi connectivity index (χ4n) is 1.64. The van der Waals surface area contributed by atoms with Gasteiger partial charge in [-0.3, -0.25) is 0 Å². The number of aliphatic hydroxyl groups excluding tert-OH is 4. The van der Waals surface area contributed by atoms with Crippen LogP contribution < -0.4 is 15.5 Å². The number of quaternary nitrogens is 1. The van der Waals surface area contributed by atoms with E-state index >= 15 is 0 Å². The van der Waals surface area contributed by atoms with Gasteiger partial charge in [-0.1, -0.05) is 11.8 Å². The molecule has 0 radical (unpaired) electrons. The lowest BCUT2D eigenvalue weighted by Gasteiger charge is -2.28. The zero-order valence-electron chi connectivity index (χ0n) is 9.58. The monoisotopic (exact) mass is 296 g/mol. The van der Waals surface area contributed by atoms with Crippen molar-refractivity contribution in [2.45, 2.75) is 35.8 Å². The van der Waals surface area contributed by atoms with Gasteiger partial charge in [-0.15, -0.1) is 0 Å². The summed E-state index contributed by atoms with van der Waals surface area (Å²) in [5.41, 5.74) is 0. The van der Waals surface area contributed by atoms with Crippen LogP contribution in [-0.4, -0.2) is 73.9 Å². The first-order valence-corrected chi connectivity index (χ1v) is 6.41. The number of aliphatic hydroxyl groups is 4. The van der Waals surface area contributed by atoms with Crippen molar-refractivity contribution in [1.82, 2.24) is 0 Å². The molecule has 6 atom stereocenters. The molecule has 0 aliphatic carbocycles. The number of carbonyl (C=O) groups is 2. The molecule has 9 nitrogen and oxygen atoms in total. The number of hydrogen-bond donors (Lipinski definition) is 5. The molecule has 1 heterocycles. The van der Waals surface area contributed by atoms with E-state index in [1.54, 1.807) is 0 Å². The smallest absolute Gasteiger partial charge is 0.162 e. The third kappa shape index (κ3) is 3.78. The highest BCUT2D eigenvalue weighted by Gasteiger charge is 2.42. The molecular weight excluding hydrogens is 282 g/mol. The molecule has 0 aromatic carbocycles. The number of carboxylic acid groups (broad SMARTS) is 2. The Labute approximate surface area is 111 Å². The zero-order valence-corrected chi connectivity index (χ0v) is 10.4. The second-order valence-electron chi connectivity index (χ2n) is 4.15. The summed E-state index contributed by atoms with van der Waals surface area (Å²) in [4.78, 5) is 20.9. The maximum absolute atomic E-state index is 10.6. The second kappa shape index (κ2) is 6.50. The van der Waals surface area contributed by atoms with Crippen molar-refractivity contribution in [2.24, 2.45) is 0 Å². The molecule has 6 N–H and O–H groups in total. The summed E-state index contributed by atoms with van der Waals surface area (Å²) in [5, 5.41) is 58.9. The zero-order chi connectivity index (χ0) is 14.7. The van der Waals surface area contributed by atoms with Gasteiger partial charge in [0.2, 0.25) is 0 Å². The summed E-state index contributed by atoms with van der Waals surface area (Å²) in [7, 11) is 0. The molecule has 0 aromatic heterocycles. The molecular formula is C9H14NO8S-. The summed E-state index contributed by atoms with van der Waals surface area (Å²) in [6.07, 6.45) is -8.08. The van der Waals surface area contributed by atoms with Gasteiger partial charge >= 0.3 is 0 Å². The lowest BCUT2D eigenvalue weighted by molar-refractivity contribution is -0.692. The van der Waals surface area contributed by atoms with Crippen molar-refractivity contribution in [3.63, 3.8) is 0 Å². The number of carbonyl (C=O) groups excluding carboxylic acids is 2. The van der Waals surface area contributed by atoms with Crippen molar-refractivity contribution in [2.75, 3.05) is 5.75 Å². The number of hydrogen-bond acceptors (Lipinski definition) is 9. The van der Waals surface area contributed by atoms with E-state index in [4.69, 9.17) is 5.11 Å². The van der Waals surface area contributed by atoms with E-state index in [1.807, 2.05) is 0 Å². The van der Waals surface area contributed by atoms with Gasteiger partial charge in [0.25, 0.3) is 0 Å². The van der Waals surface area contributed by atoms with Crippen LogP contribution in [0.3, 0.4) is 0 Å². The van der Waals surface area contributed by atoms with Crippen molar-refractivity contribution in [3.05, 3.63) is 0 Å². The number of aliphatic carboxylic acids is 2. The predicted octanol–water partition coefficient (Wildman–Crippen LogP) is -7.07. The molecule has 0 bridgehead atoms. The molecule has 0 unspecified atom stereocenters. The Kier molecular flexibility index (Phi) is 5.52. The molecule has 10 heteroatoms. The van der Waals surface area contributed by atoms with E-state index in [-0.39, 0.29) is 5.75 Å². The Bertz CT molecular complexity index is 353. The molecule has 0 saturated carbocycles. The van der Waals surface area contributed by atoms with Crippen LogP contribution in [0.2, 0.25) is 0 Å². The fourth-order valence-corrected chi connectivity index (χ4v) is 2.97. The van der Waals surface area contributed by atoms with Gasteiger partial charge in [0.15, 0.2) is 5.37 Å². The van der Waals surface area contributed by atoms with Crippen molar-refractivity contribution in [3.8, 4) is 0 Å². The van der Waals surface area contributed by atoms with Crippen molar-refractivity contribution >= 4 is 23.7 Å². The summed E-state index contributed by atoms with van der Waals surface area (Å²) >= 11 is 1.01. The molecule has 1 aliphatic heterocycles. The van der Waals surface area contributed by atoms with E-state index < -0.39 is 47.8 Å². The van der Waals surface area contributed by atoms with Gasteiger partial charge in [-0.2, -0.15) is 0 Å². The van der Waals surface area contributed by atoms with Crippen LogP contribution in [0.15, 0.2) is 0 Å². The van der Waals surface area contributed by atoms with E-state index in [9.17, 15) is 35.1 Å². The van der Waals surface area contributed by atoms with Gasteiger partial charge < -0.3 is 45.5 Å². The minimum atomic E-state index is -2.35. The van der Waals surface area contributed by atoms with Crippen LogP contribution in [0.1, 0.15) is 0 Å². The number of thioether (sulfide) groups is 1. The van der Waals surface area contributed by atoms with Gasteiger partial charge in [0.1, 0.15) is 36.4 Å². The first-order chi connectivity index (χ1) is 8.75. The summed E-state index contributed by atoms with van der Waals surface area (Å²) in [6.45, 7) is 0. The van der Waals surface area contributed by atoms with Crippen LogP contribution in [0.25, 0.3) is 0 Å². The van der Waals surface area contributed by atoms with E-state index in [1.165, 1.54) is 5.32 Å². The Morgan fingerprint density at radius 3 is 2.16 bits per heavy atom. The molecule has 0 spiro atoms. The molecule has 0 amide bonds. The van der Waals surface area contributed by atoms with Crippen LogP contribution in [-0.2, 0) is 9.59 Å². The van der Waals surface area contributed by atoms with Crippen LogP contribution in [0.4, 0.5) is 0 Å². The summed E-state index contributed by atoms with van der Waals surface area (Å²) in [6, 6.07) is -0.903. The van der Waals surface area contributed by atoms with Gasteiger partial charge in [-0.05, 0) is 0 Å². The topological polar surface area (TPSA) is 178 Å². The first kappa shape index (κ1) is 16.1. The number of nitrogens with two attached hydrogens (primary N) is 1. The largest absolute Gasteiger partial charge is 0.547 e. The molecule has 110 valence electrons. The van der Waals surface area contributed by atoms with Gasteiger partial charge in [0.05, 0.1) is 11.7 Å². The maximum atomic E-state index is 10.6. The van der Waals surface area contributed by atoms with E-state index in [2.05, 4.69) is 0 Å². The van der Waals surface area contributed by atoms with Gasteiger partial charge in [0, 0.05) is 0 Å². The van der Waals surface area contributed by atoms with E-state index in [0.29, 0.717) is 0 Å².